The number of aliphatic hydroxyl groups is 1. The fourth-order valence-electron chi connectivity index (χ4n) is 4.05. The second-order valence-electron chi connectivity index (χ2n) is 7.86. The van der Waals surface area contributed by atoms with Crippen LogP contribution in [0.4, 0.5) is 15.2 Å². The number of methoxy groups -OCH3 is 1. The van der Waals surface area contributed by atoms with Crippen LogP contribution in [-0.2, 0) is 9.59 Å². The zero-order chi connectivity index (χ0) is 25.6. The molecule has 4 aromatic rings. The van der Waals surface area contributed by atoms with E-state index in [1.54, 1.807) is 12.1 Å². The highest BCUT2D eigenvalue weighted by Gasteiger charge is 2.48. The Labute approximate surface area is 206 Å². The van der Waals surface area contributed by atoms with Gasteiger partial charge < -0.3 is 9.84 Å². The Kier molecular flexibility index (Phi) is 5.69. The predicted octanol–water partition coefficient (Wildman–Crippen LogP) is 4.98. The van der Waals surface area contributed by atoms with E-state index in [0.717, 1.165) is 16.2 Å². The molecule has 1 aliphatic heterocycles. The van der Waals surface area contributed by atoms with Crippen molar-refractivity contribution in [2.45, 2.75) is 6.04 Å². The third-order valence-corrected chi connectivity index (χ3v) is 6.77. The fourth-order valence-corrected chi connectivity index (χ4v) is 5.06. The highest BCUT2D eigenvalue weighted by atomic mass is 32.1. The molecule has 0 radical (unpaired) electrons. The number of nitrogens with zero attached hydrogens (tertiary/aromatic N) is 3. The fraction of sp³-hybridized carbons (Fsp3) is 0.0800. The first-order chi connectivity index (χ1) is 17.3. The molecule has 3 aromatic carbocycles. The van der Waals surface area contributed by atoms with Gasteiger partial charge in [-0.15, -0.1) is 0 Å². The zero-order valence-electron chi connectivity index (χ0n) is 18.5. The van der Waals surface area contributed by atoms with E-state index in [0.29, 0.717) is 16.0 Å². The largest absolute Gasteiger partial charge is 0.507 e. The van der Waals surface area contributed by atoms with Gasteiger partial charge in [-0.2, -0.15) is 0 Å². The Balaban J connectivity index is 1.73. The van der Waals surface area contributed by atoms with Gasteiger partial charge in [0.25, 0.3) is 11.5 Å². The molecule has 1 saturated heterocycles. The van der Waals surface area contributed by atoms with Gasteiger partial charge in [-0.25, -0.2) is 9.37 Å². The van der Waals surface area contributed by atoms with Crippen LogP contribution >= 0.6 is 11.3 Å². The number of non-ortho nitro benzene ring substituents is 1. The van der Waals surface area contributed by atoms with Crippen molar-refractivity contribution in [3.05, 3.63) is 99.4 Å². The Morgan fingerprint density at radius 1 is 1.14 bits per heavy atom. The summed E-state index contributed by atoms with van der Waals surface area (Å²) in [5.74, 6) is -2.38. The van der Waals surface area contributed by atoms with Gasteiger partial charge in [0.1, 0.15) is 17.3 Å². The molecular formula is C25H16FN3O6S. The lowest BCUT2D eigenvalue weighted by Gasteiger charge is -2.22. The topological polar surface area (TPSA) is 123 Å². The van der Waals surface area contributed by atoms with Crippen LogP contribution < -0.4 is 9.64 Å². The van der Waals surface area contributed by atoms with Crippen LogP contribution in [0.5, 0.6) is 5.75 Å². The number of benzene rings is 3. The van der Waals surface area contributed by atoms with Gasteiger partial charge in [0, 0.05) is 17.7 Å². The lowest BCUT2D eigenvalue weighted by Crippen LogP contribution is -2.29. The van der Waals surface area contributed by atoms with Crippen molar-refractivity contribution in [3.8, 4) is 5.75 Å². The van der Waals surface area contributed by atoms with Crippen molar-refractivity contribution in [2.24, 2.45) is 0 Å². The molecule has 1 aliphatic rings. The first-order valence-corrected chi connectivity index (χ1v) is 11.4. The summed E-state index contributed by atoms with van der Waals surface area (Å²) in [7, 11) is 1.48. The molecule has 1 fully saturated rings. The van der Waals surface area contributed by atoms with Crippen LogP contribution in [0, 0.1) is 15.9 Å². The lowest BCUT2D eigenvalue weighted by molar-refractivity contribution is -0.384. The van der Waals surface area contributed by atoms with Gasteiger partial charge in [-0.3, -0.25) is 24.6 Å². The summed E-state index contributed by atoms with van der Waals surface area (Å²) in [6.45, 7) is 0. The average Bonchev–Trinajstić information content (AvgIpc) is 3.41. The average molecular weight is 505 g/mol. The number of thiazole rings is 1. The smallest absolute Gasteiger partial charge is 0.301 e. The maximum absolute atomic E-state index is 13.8. The maximum atomic E-state index is 13.8. The van der Waals surface area contributed by atoms with Crippen molar-refractivity contribution in [2.75, 3.05) is 12.0 Å². The third-order valence-electron chi connectivity index (χ3n) is 5.75. The number of ether oxygens (including phenoxy) is 1. The van der Waals surface area contributed by atoms with Crippen LogP contribution in [0.25, 0.3) is 16.0 Å². The number of carbonyl (C=O) groups is 2. The van der Waals surface area contributed by atoms with E-state index in [1.807, 2.05) is 0 Å². The minimum Gasteiger partial charge on any atom is -0.507 e. The van der Waals surface area contributed by atoms with Gasteiger partial charge in [0.2, 0.25) is 0 Å². The summed E-state index contributed by atoms with van der Waals surface area (Å²) in [5, 5.41) is 22.7. The van der Waals surface area contributed by atoms with Gasteiger partial charge in [0.05, 0.1) is 33.9 Å². The van der Waals surface area contributed by atoms with E-state index < -0.39 is 34.2 Å². The van der Waals surface area contributed by atoms with Crippen molar-refractivity contribution < 1.29 is 28.7 Å². The van der Waals surface area contributed by atoms with Crippen molar-refractivity contribution in [3.63, 3.8) is 0 Å². The quantitative estimate of drug-likeness (QED) is 0.133. The zero-order valence-corrected chi connectivity index (χ0v) is 19.4. The molecule has 1 aromatic heterocycles. The Hall–Kier alpha value is -4.64. The second kappa shape index (κ2) is 8.86. The van der Waals surface area contributed by atoms with Crippen LogP contribution in [0.3, 0.4) is 0 Å². The van der Waals surface area contributed by atoms with E-state index in [4.69, 9.17) is 4.74 Å². The van der Waals surface area contributed by atoms with Gasteiger partial charge in [0.15, 0.2) is 5.13 Å². The standard InChI is InChI=1S/C25H16FN3O6S/c1-35-17-8-5-13(6-9-17)22(30)20-21(14-3-2-4-16(11-14)29(33)34)28(24(32)23(20)31)25-27-18-10-7-15(26)12-19(18)36-25/h2-12,21,30H,1H3/b22-20+/t21-/m1/s1. The number of hydrogen-bond donors (Lipinski definition) is 1. The molecule has 5 rings (SSSR count). The van der Waals surface area contributed by atoms with Gasteiger partial charge in [-0.1, -0.05) is 23.5 Å². The molecular weight excluding hydrogens is 489 g/mol. The summed E-state index contributed by atoms with van der Waals surface area (Å²) in [5.41, 5.74) is 0.371. The van der Waals surface area contributed by atoms with Crippen LogP contribution in [0.1, 0.15) is 17.2 Å². The second-order valence-corrected chi connectivity index (χ2v) is 8.87. The number of rotatable bonds is 5. The molecule has 0 saturated carbocycles. The maximum Gasteiger partial charge on any atom is 0.301 e. The number of anilines is 1. The van der Waals surface area contributed by atoms with Gasteiger partial charge >= 0.3 is 5.91 Å². The Morgan fingerprint density at radius 2 is 1.89 bits per heavy atom. The van der Waals surface area contributed by atoms with Gasteiger partial charge in [-0.05, 0) is 48.0 Å². The number of amides is 1. The third kappa shape index (κ3) is 3.85. The number of carbonyl (C=O) groups excluding carboxylic acids is 2. The number of fused-ring (bicyclic) bond motifs is 1. The molecule has 1 atom stereocenters. The molecule has 0 spiro atoms. The first kappa shape index (κ1) is 23.1. The van der Waals surface area contributed by atoms with E-state index >= 15 is 0 Å². The molecule has 1 N–H and O–H groups in total. The minimum absolute atomic E-state index is 0.0861. The first-order valence-electron chi connectivity index (χ1n) is 10.5. The van der Waals surface area contributed by atoms with Crippen molar-refractivity contribution in [1.82, 2.24) is 4.98 Å². The molecule has 1 amide bonds. The van der Waals surface area contributed by atoms with Crippen molar-refractivity contribution in [1.29, 1.82) is 0 Å². The molecule has 11 heteroatoms. The Bertz CT molecular complexity index is 1580. The van der Waals surface area contributed by atoms with Crippen LogP contribution in [0.2, 0.25) is 0 Å². The molecule has 0 unspecified atom stereocenters. The molecule has 180 valence electrons. The van der Waals surface area contributed by atoms with E-state index in [-0.39, 0.29) is 27.5 Å². The highest BCUT2D eigenvalue weighted by Crippen LogP contribution is 2.45. The van der Waals surface area contributed by atoms with E-state index in [2.05, 4.69) is 4.98 Å². The summed E-state index contributed by atoms with van der Waals surface area (Å²) >= 11 is 0.985. The molecule has 36 heavy (non-hydrogen) atoms. The summed E-state index contributed by atoms with van der Waals surface area (Å²) < 4.78 is 19.3. The number of Topliss-reactive ketones (excluding diaryl/α,β-unsaturated/α-hetero) is 1. The number of nitro benzene ring substituents is 1. The number of nitro groups is 1. The normalized spacial score (nSPS) is 17.1. The highest BCUT2D eigenvalue weighted by molar-refractivity contribution is 7.22. The minimum atomic E-state index is -1.21. The molecule has 9 nitrogen and oxygen atoms in total. The van der Waals surface area contributed by atoms with E-state index in [9.17, 15) is 29.2 Å². The SMILES string of the molecule is COc1ccc(/C(O)=C2\C(=O)C(=O)N(c3nc4ccc(F)cc4s3)[C@@H]2c2cccc([N+](=O)[O-])c2)cc1. The number of aromatic nitrogens is 1. The number of ketones is 1. The summed E-state index contributed by atoms with van der Waals surface area (Å²) in [6, 6.07) is 14.4. The number of aliphatic hydroxyl groups excluding tert-OH is 1. The summed E-state index contributed by atoms with van der Waals surface area (Å²) in [4.78, 5) is 42.8. The number of hydrogen-bond acceptors (Lipinski definition) is 8. The molecule has 2 heterocycles. The van der Waals surface area contributed by atoms with Crippen LogP contribution in [-0.4, -0.2) is 33.8 Å². The van der Waals surface area contributed by atoms with Crippen molar-refractivity contribution >= 4 is 49.8 Å². The predicted molar refractivity (Wildman–Crippen MR) is 130 cm³/mol. The molecule has 0 aliphatic carbocycles. The van der Waals surface area contributed by atoms with E-state index in [1.165, 1.54) is 61.7 Å². The Morgan fingerprint density at radius 3 is 2.58 bits per heavy atom. The molecule has 0 bridgehead atoms. The van der Waals surface area contributed by atoms with Crippen LogP contribution in [0.15, 0.2) is 72.3 Å². The lowest BCUT2D eigenvalue weighted by atomic mass is 9.95. The summed E-state index contributed by atoms with van der Waals surface area (Å²) in [6.07, 6.45) is 0. The number of halogens is 1. The monoisotopic (exact) mass is 505 g/mol.